The molecule has 3 nitrogen and oxygen atoms in total. The minimum atomic E-state index is -0.543. The Labute approximate surface area is 111 Å². The molecule has 2 atom stereocenters. The Morgan fingerprint density at radius 1 is 1.44 bits per heavy atom. The van der Waals surface area contributed by atoms with Gasteiger partial charge in [-0.25, -0.2) is 0 Å². The lowest BCUT2D eigenvalue weighted by Crippen LogP contribution is -2.61. The maximum Gasteiger partial charge on any atom is 0.0798 e. The Bertz CT molecular complexity index is 328. The molecule has 0 amide bonds. The molecule has 2 N–H and O–H groups in total. The highest BCUT2D eigenvalue weighted by Gasteiger charge is 2.38. The van der Waals surface area contributed by atoms with Crippen LogP contribution in [0.25, 0.3) is 0 Å². The van der Waals surface area contributed by atoms with Crippen molar-refractivity contribution in [2.75, 3.05) is 26.2 Å². The van der Waals surface area contributed by atoms with Crippen molar-refractivity contribution in [3.05, 3.63) is 11.6 Å². The molecular formula is C15H28N2O. The number of nitrogens with zero attached hydrogens (tertiary/aromatic N) is 1. The molecule has 0 aromatic carbocycles. The van der Waals surface area contributed by atoms with Gasteiger partial charge in [0.2, 0.25) is 0 Å². The van der Waals surface area contributed by atoms with Crippen LogP contribution in [0.15, 0.2) is 11.6 Å². The van der Waals surface area contributed by atoms with Gasteiger partial charge in [-0.3, -0.25) is 4.90 Å². The third-order valence-electron chi connectivity index (χ3n) is 4.51. The average molecular weight is 252 g/mol. The minimum absolute atomic E-state index is 0.254. The maximum absolute atomic E-state index is 10.5. The molecule has 3 heteroatoms. The second kappa shape index (κ2) is 4.95. The zero-order valence-electron chi connectivity index (χ0n) is 12.3. The highest BCUT2D eigenvalue weighted by atomic mass is 16.3. The summed E-state index contributed by atoms with van der Waals surface area (Å²) in [7, 11) is 0. The number of nitrogens with one attached hydrogen (secondary N) is 1. The Balaban J connectivity index is 2.03. The second-order valence-electron chi connectivity index (χ2n) is 7.05. The van der Waals surface area contributed by atoms with E-state index in [0.29, 0.717) is 5.41 Å². The van der Waals surface area contributed by atoms with E-state index >= 15 is 0 Å². The molecule has 2 aliphatic heterocycles. The molecule has 2 aliphatic rings. The lowest BCUT2D eigenvalue weighted by molar-refractivity contribution is -0.0508. The Morgan fingerprint density at radius 3 is 2.67 bits per heavy atom. The summed E-state index contributed by atoms with van der Waals surface area (Å²) in [6.45, 7) is 12.7. The Kier molecular flexibility index (Phi) is 3.86. The summed E-state index contributed by atoms with van der Waals surface area (Å²) in [4.78, 5) is 2.43. The molecule has 0 spiro atoms. The highest BCUT2D eigenvalue weighted by Crippen LogP contribution is 2.32. The summed E-state index contributed by atoms with van der Waals surface area (Å²) in [5.74, 6) is 0. The average Bonchev–Trinajstić information content (AvgIpc) is 2.27. The van der Waals surface area contributed by atoms with Gasteiger partial charge in [-0.15, -0.1) is 0 Å². The van der Waals surface area contributed by atoms with Gasteiger partial charge in [-0.1, -0.05) is 32.4 Å². The molecular weight excluding hydrogens is 224 g/mol. The maximum atomic E-state index is 10.5. The van der Waals surface area contributed by atoms with Crippen LogP contribution in [0, 0.1) is 5.41 Å². The van der Waals surface area contributed by atoms with Gasteiger partial charge in [0.1, 0.15) is 0 Å². The Hall–Kier alpha value is -0.380. The van der Waals surface area contributed by atoms with E-state index in [4.69, 9.17) is 0 Å². The van der Waals surface area contributed by atoms with Crippen molar-refractivity contribution in [3.8, 4) is 0 Å². The van der Waals surface area contributed by atoms with Crippen LogP contribution in [0.1, 0.15) is 40.5 Å². The van der Waals surface area contributed by atoms with Crippen molar-refractivity contribution >= 4 is 0 Å². The summed E-state index contributed by atoms with van der Waals surface area (Å²) in [6, 6.07) is 0.254. The SMILES string of the molecule is CC(C)(C)C1=CCN(C2CNCCC2(C)O)CC1. The summed E-state index contributed by atoms with van der Waals surface area (Å²) in [5, 5.41) is 13.9. The van der Waals surface area contributed by atoms with Gasteiger partial charge in [0.05, 0.1) is 11.6 Å². The normalized spacial score (nSPS) is 35.4. The molecule has 0 aromatic heterocycles. The van der Waals surface area contributed by atoms with Gasteiger partial charge >= 0.3 is 0 Å². The fourth-order valence-corrected chi connectivity index (χ4v) is 3.14. The first kappa shape index (κ1) is 14.0. The fourth-order valence-electron chi connectivity index (χ4n) is 3.14. The third-order valence-corrected chi connectivity index (χ3v) is 4.51. The second-order valence-corrected chi connectivity index (χ2v) is 7.05. The lowest BCUT2D eigenvalue weighted by atomic mass is 9.81. The van der Waals surface area contributed by atoms with E-state index in [1.165, 1.54) is 0 Å². The molecule has 104 valence electrons. The van der Waals surface area contributed by atoms with Gasteiger partial charge in [0.15, 0.2) is 0 Å². The van der Waals surface area contributed by atoms with Crippen LogP contribution < -0.4 is 5.32 Å². The van der Waals surface area contributed by atoms with Crippen molar-refractivity contribution in [1.82, 2.24) is 10.2 Å². The quantitative estimate of drug-likeness (QED) is 0.698. The van der Waals surface area contributed by atoms with Crippen LogP contribution in [-0.4, -0.2) is 47.8 Å². The predicted octanol–water partition coefficient (Wildman–Crippen LogP) is 1.78. The summed E-state index contributed by atoms with van der Waals surface area (Å²) >= 11 is 0. The molecule has 2 unspecified atom stereocenters. The van der Waals surface area contributed by atoms with Crippen molar-refractivity contribution < 1.29 is 5.11 Å². The monoisotopic (exact) mass is 252 g/mol. The largest absolute Gasteiger partial charge is 0.388 e. The molecule has 1 saturated heterocycles. The standard InChI is InChI=1S/C15H28N2O/c1-14(2,3)12-5-9-17(10-6-12)13-11-16-8-7-15(13,4)18/h5,13,16,18H,6-11H2,1-4H3. The predicted molar refractivity (Wildman–Crippen MR) is 75.6 cm³/mol. The number of piperidine rings is 1. The van der Waals surface area contributed by atoms with E-state index in [-0.39, 0.29) is 6.04 Å². The van der Waals surface area contributed by atoms with Crippen LogP contribution in [0.3, 0.4) is 0 Å². The molecule has 0 radical (unpaired) electrons. The first-order valence-corrected chi connectivity index (χ1v) is 7.17. The van der Waals surface area contributed by atoms with Gasteiger partial charge in [0.25, 0.3) is 0 Å². The summed E-state index contributed by atoms with van der Waals surface area (Å²) in [6.07, 6.45) is 4.36. The number of rotatable bonds is 1. The van der Waals surface area contributed by atoms with E-state index in [2.05, 4.69) is 37.1 Å². The molecule has 0 aromatic rings. The van der Waals surface area contributed by atoms with Crippen LogP contribution in [0.4, 0.5) is 0 Å². The Morgan fingerprint density at radius 2 is 2.17 bits per heavy atom. The summed E-state index contributed by atoms with van der Waals surface area (Å²) < 4.78 is 0. The zero-order chi connectivity index (χ0) is 13.4. The van der Waals surface area contributed by atoms with E-state index < -0.39 is 5.60 Å². The van der Waals surface area contributed by atoms with Gasteiger partial charge in [0, 0.05) is 19.6 Å². The lowest BCUT2D eigenvalue weighted by Gasteiger charge is -2.46. The van der Waals surface area contributed by atoms with Crippen molar-refractivity contribution in [3.63, 3.8) is 0 Å². The molecule has 0 bridgehead atoms. The van der Waals surface area contributed by atoms with Crippen LogP contribution >= 0.6 is 0 Å². The highest BCUT2D eigenvalue weighted by molar-refractivity contribution is 5.15. The zero-order valence-corrected chi connectivity index (χ0v) is 12.3. The van der Waals surface area contributed by atoms with E-state index in [1.807, 2.05) is 6.92 Å². The molecule has 2 rings (SSSR count). The third kappa shape index (κ3) is 2.95. The smallest absolute Gasteiger partial charge is 0.0798 e. The van der Waals surface area contributed by atoms with Gasteiger partial charge < -0.3 is 10.4 Å². The number of hydrogen-bond acceptors (Lipinski definition) is 3. The first-order valence-electron chi connectivity index (χ1n) is 7.17. The molecule has 0 saturated carbocycles. The summed E-state index contributed by atoms with van der Waals surface area (Å²) in [5.41, 5.74) is 1.31. The van der Waals surface area contributed by atoms with E-state index in [9.17, 15) is 5.11 Å². The number of hydrogen-bond donors (Lipinski definition) is 2. The minimum Gasteiger partial charge on any atom is -0.388 e. The number of aliphatic hydroxyl groups is 1. The van der Waals surface area contributed by atoms with Gasteiger partial charge in [-0.05, 0) is 31.7 Å². The molecule has 1 fully saturated rings. The van der Waals surface area contributed by atoms with Gasteiger partial charge in [-0.2, -0.15) is 0 Å². The van der Waals surface area contributed by atoms with Crippen LogP contribution in [0.2, 0.25) is 0 Å². The van der Waals surface area contributed by atoms with E-state index in [1.54, 1.807) is 5.57 Å². The fraction of sp³-hybridized carbons (Fsp3) is 0.867. The topological polar surface area (TPSA) is 35.5 Å². The molecule has 2 heterocycles. The first-order chi connectivity index (χ1) is 8.31. The molecule has 0 aliphatic carbocycles. The van der Waals surface area contributed by atoms with E-state index in [0.717, 1.165) is 39.0 Å². The van der Waals surface area contributed by atoms with Crippen LogP contribution in [-0.2, 0) is 0 Å². The van der Waals surface area contributed by atoms with Crippen LogP contribution in [0.5, 0.6) is 0 Å². The van der Waals surface area contributed by atoms with Crippen molar-refractivity contribution in [2.24, 2.45) is 5.41 Å². The van der Waals surface area contributed by atoms with Crippen molar-refractivity contribution in [2.45, 2.75) is 52.2 Å². The van der Waals surface area contributed by atoms with Crippen molar-refractivity contribution in [1.29, 1.82) is 0 Å². The molecule has 18 heavy (non-hydrogen) atoms.